The number of hydrogen-bond acceptors (Lipinski definition) is 3. The van der Waals surface area contributed by atoms with Crippen molar-refractivity contribution in [2.45, 2.75) is 72.1 Å². The maximum absolute atomic E-state index is 12.3. The summed E-state index contributed by atoms with van der Waals surface area (Å²) in [7, 11) is 2.16. The van der Waals surface area contributed by atoms with Crippen LogP contribution in [0.5, 0.6) is 0 Å². The quantitative estimate of drug-likeness (QED) is 0.694. The molecule has 0 aromatic rings. The molecule has 1 aliphatic heterocycles. The van der Waals surface area contributed by atoms with E-state index in [1.54, 1.807) is 0 Å². The van der Waals surface area contributed by atoms with Crippen LogP contribution >= 0.6 is 0 Å². The number of carbonyl (C=O) groups excluding carboxylic acids is 1. The van der Waals surface area contributed by atoms with Crippen LogP contribution in [0.4, 0.5) is 0 Å². The van der Waals surface area contributed by atoms with Crippen molar-refractivity contribution < 1.29 is 4.79 Å². The molecule has 2 unspecified atom stereocenters. The number of hydrogen-bond donors (Lipinski definition) is 1. The smallest absolute Gasteiger partial charge is 0.241 e. The average Bonchev–Trinajstić information content (AvgIpc) is 2.60. The summed E-state index contributed by atoms with van der Waals surface area (Å²) in [6.45, 7) is 12.9. The van der Waals surface area contributed by atoms with Crippen molar-refractivity contribution in [2.24, 2.45) is 5.92 Å². The van der Waals surface area contributed by atoms with Crippen molar-refractivity contribution in [3.05, 3.63) is 0 Å². The summed E-state index contributed by atoms with van der Waals surface area (Å²) in [5.41, 5.74) is 0. The van der Waals surface area contributed by atoms with Crippen LogP contribution in [0.3, 0.4) is 0 Å². The number of amides is 1. The Hall–Kier alpha value is -0.610. The van der Waals surface area contributed by atoms with Gasteiger partial charge < -0.3 is 9.80 Å². The van der Waals surface area contributed by atoms with Crippen LogP contribution in [0.25, 0.3) is 0 Å². The Labute approximate surface area is 124 Å². The van der Waals surface area contributed by atoms with Gasteiger partial charge in [-0.1, -0.05) is 13.8 Å². The first-order chi connectivity index (χ1) is 9.32. The van der Waals surface area contributed by atoms with Crippen LogP contribution in [0.1, 0.15) is 53.9 Å². The van der Waals surface area contributed by atoms with Crippen molar-refractivity contribution >= 4 is 5.91 Å². The summed E-state index contributed by atoms with van der Waals surface area (Å²) < 4.78 is 0. The van der Waals surface area contributed by atoms with Gasteiger partial charge in [-0.2, -0.15) is 0 Å². The number of carbonyl (C=O) groups is 1. The van der Waals surface area contributed by atoms with Gasteiger partial charge in [0.05, 0.1) is 12.2 Å². The lowest BCUT2D eigenvalue weighted by molar-refractivity contribution is -0.130. The molecule has 0 aromatic carbocycles. The number of unbranched alkanes of at least 4 members (excludes halogenated alkanes) is 1. The zero-order valence-corrected chi connectivity index (χ0v) is 14.1. The predicted molar refractivity (Wildman–Crippen MR) is 84.6 cm³/mol. The van der Waals surface area contributed by atoms with Crippen LogP contribution in [0.15, 0.2) is 0 Å². The van der Waals surface area contributed by atoms with Crippen molar-refractivity contribution in [3.63, 3.8) is 0 Å². The van der Waals surface area contributed by atoms with E-state index >= 15 is 0 Å². The van der Waals surface area contributed by atoms with Gasteiger partial charge >= 0.3 is 0 Å². The number of nitrogens with zero attached hydrogens (tertiary/aromatic N) is 2. The first-order valence-electron chi connectivity index (χ1n) is 8.09. The zero-order chi connectivity index (χ0) is 15.3. The molecule has 0 spiro atoms. The van der Waals surface area contributed by atoms with Gasteiger partial charge in [0.2, 0.25) is 5.91 Å². The highest BCUT2D eigenvalue weighted by molar-refractivity contribution is 5.84. The molecule has 2 atom stereocenters. The van der Waals surface area contributed by atoms with Gasteiger partial charge in [-0.25, -0.2) is 0 Å². The molecule has 1 N–H and O–H groups in total. The van der Waals surface area contributed by atoms with Crippen molar-refractivity contribution in [1.29, 1.82) is 0 Å². The van der Waals surface area contributed by atoms with Gasteiger partial charge in [-0.3, -0.25) is 10.1 Å². The van der Waals surface area contributed by atoms with Gasteiger partial charge in [-0.05, 0) is 59.5 Å². The van der Waals surface area contributed by atoms with E-state index in [-0.39, 0.29) is 12.2 Å². The Morgan fingerprint density at radius 2 is 1.90 bits per heavy atom. The second-order valence-electron chi connectivity index (χ2n) is 6.84. The molecule has 20 heavy (non-hydrogen) atoms. The molecule has 0 radical (unpaired) electrons. The minimum atomic E-state index is 0.0309. The van der Waals surface area contributed by atoms with Gasteiger partial charge in [-0.15, -0.1) is 0 Å². The van der Waals surface area contributed by atoms with E-state index < -0.39 is 0 Å². The molecule has 1 amide bonds. The summed E-state index contributed by atoms with van der Waals surface area (Å²) >= 11 is 0. The van der Waals surface area contributed by atoms with Crippen LogP contribution in [0.2, 0.25) is 0 Å². The standard InChI is InChI=1S/C16H33N3O/c1-12(2)11-15-16(20)19(14(5)17-15)10-8-7-9-18(6)13(3)4/h12-15,17H,7-11H2,1-6H3. The lowest BCUT2D eigenvalue weighted by atomic mass is 10.0. The molecule has 0 saturated carbocycles. The van der Waals surface area contributed by atoms with Crippen LogP contribution in [-0.4, -0.2) is 54.1 Å². The van der Waals surface area contributed by atoms with Crippen molar-refractivity contribution in [2.75, 3.05) is 20.1 Å². The molecule has 4 nitrogen and oxygen atoms in total. The third-order valence-corrected chi connectivity index (χ3v) is 4.24. The lowest BCUT2D eigenvalue weighted by Crippen LogP contribution is -2.36. The zero-order valence-electron chi connectivity index (χ0n) is 14.1. The second-order valence-corrected chi connectivity index (χ2v) is 6.84. The fraction of sp³-hybridized carbons (Fsp3) is 0.938. The molecule has 1 heterocycles. The molecule has 1 rings (SSSR count). The largest absolute Gasteiger partial charge is 0.326 e. The molecule has 1 fully saturated rings. The first-order valence-corrected chi connectivity index (χ1v) is 8.09. The summed E-state index contributed by atoms with van der Waals surface area (Å²) in [4.78, 5) is 16.7. The van der Waals surface area contributed by atoms with Crippen LogP contribution in [0, 0.1) is 5.92 Å². The van der Waals surface area contributed by atoms with E-state index in [0.29, 0.717) is 17.9 Å². The molecule has 0 bridgehead atoms. The Bertz CT molecular complexity index is 304. The normalized spacial score (nSPS) is 23.6. The average molecular weight is 283 g/mol. The van der Waals surface area contributed by atoms with Gasteiger partial charge in [0.1, 0.15) is 0 Å². The summed E-state index contributed by atoms with van der Waals surface area (Å²) in [5.74, 6) is 0.853. The van der Waals surface area contributed by atoms with E-state index in [1.807, 2.05) is 4.90 Å². The fourth-order valence-electron chi connectivity index (χ4n) is 2.69. The molecular formula is C16H33N3O. The molecule has 1 aliphatic rings. The van der Waals surface area contributed by atoms with Crippen LogP contribution < -0.4 is 5.32 Å². The Kier molecular flexibility index (Phi) is 6.96. The van der Waals surface area contributed by atoms with E-state index in [4.69, 9.17) is 0 Å². The molecule has 0 aromatic heterocycles. The Balaban J connectivity index is 2.31. The predicted octanol–water partition coefficient (Wildman–Crippen LogP) is 2.30. The molecule has 4 heteroatoms. The first kappa shape index (κ1) is 17.4. The molecule has 1 saturated heterocycles. The Morgan fingerprint density at radius 1 is 1.25 bits per heavy atom. The number of nitrogens with one attached hydrogen (secondary N) is 1. The summed E-state index contributed by atoms with van der Waals surface area (Å²) in [6, 6.07) is 0.628. The molecule has 0 aliphatic carbocycles. The monoisotopic (exact) mass is 283 g/mol. The van der Waals surface area contributed by atoms with E-state index in [9.17, 15) is 4.79 Å². The van der Waals surface area contributed by atoms with Crippen molar-refractivity contribution in [1.82, 2.24) is 15.1 Å². The number of rotatable bonds is 8. The third kappa shape index (κ3) is 5.06. The highest BCUT2D eigenvalue weighted by Crippen LogP contribution is 2.17. The SMILES string of the molecule is CC(C)CC1NC(C)N(CCCCN(C)C(C)C)C1=O. The minimum absolute atomic E-state index is 0.0309. The van der Waals surface area contributed by atoms with E-state index in [2.05, 4.69) is 51.9 Å². The third-order valence-electron chi connectivity index (χ3n) is 4.24. The lowest BCUT2D eigenvalue weighted by Gasteiger charge is -2.23. The molecule has 118 valence electrons. The highest BCUT2D eigenvalue weighted by atomic mass is 16.2. The second kappa shape index (κ2) is 7.99. The topological polar surface area (TPSA) is 35.6 Å². The Morgan fingerprint density at radius 3 is 2.45 bits per heavy atom. The van der Waals surface area contributed by atoms with Gasteiger partial charge in [0, 0.05) is 12.6 Å². The van der Waals surface area contributed by atoms with E-state index in [0.717, 1.165) is 32.4 Å². The maximum atomic E-state index is 12.3. The van der Waals surface area contributed by atoms with Gasteiger partial charge in [0.25, 0.3) is 0 Å². The maximum Gasteiger partial charge on any atom is 0.241 e. The molecular weight excluding hydrogens is 250 g/mol. The van der Waals surface area contributed by atoms with Gasteiger partial charge in [0.15, 0.2) is 0 Å². The van der Waals surface area contributed by atoms with Crippen molar-refractivity contribution in [3.8, 4) is 0 Å². The highest BCUT2D eigenvalue weighted by Gasteiger charge is 2.35. The summed E-state index contributed by atoms with van der Waals surface area (Å²) in [5, 5.41) is 3.42. The minimum Gasteiger partial charge on any atom is -0.326 e. The van der Waals surface area contributed by atoms with E-state index in [1.165, 1.54) is 0 Å². The fourth-order valence-corrected chi connectivity index (χ4v) is 2.69. The van der Waals surface area contributed by atoms with Crippen LogP contribution in [-0.2, 0) is 4.79 Å². The summed E-state index contributed by atoms with van der Waals surface area (Å²) in [6.07, 6.45) is 3.37.